The van der Waals surface area contributed by atoms with E-state index in [0.717, 1.165) is 24.6 Å². The summed E-state index contributed by atoms with van der Waals surface area (Å²) in [5.41, 5.74) is -0.0526. The summed E-state index contributed by atoms with van der Waals surface area (Å²) >= 11 is 1.50. The molecule has 0 radical (unpaired) electrons. The van der Waals surface area contributed by atoms with Crippen LogP contribution in [0.3, 0.4) is 0 Å². The van der Waals surface area contributed by atoms with Gasteiger partial charge >= 0.3 is 0 Å². The molecule has 1 unspecified atom stereocenters. The van der Waals surface area contributed by atoms with Gasteiger partial charge in [0, 0.05) is 18.9 Å². The topological polar surface area (TPSA) is 63.1 Å². The summed E-state index contributed by atoms with van der Waals surface area (Å²) in [7, 11) is 0. The van der Waals surface area contributed by atoms with E-state index in [9.17, 15) is 4.79 Å². The van der Waals surface area contributed by atoms with Crippen LogP contribution >= 0.6 is 11.3 Å². The molecule has 1 atom stereocenters. The predicted octanol–water partition coefficient (Wildman–Crippen LogP) is 2.78. The van der Waals surface area contributed by atoms with Crippen LogP contribution in [-0.4, -0.2) is 44.5 Å². The summed E-state index contributed by atoms with van der Waals surface area (Å²) in [6, 6.07) is 0.0123. The molecule has 1 amide bonds. The molecule has 136 valence electrons. The maximum Gasteiger partial charge on any atom is 0.263 e. The van der Waals surface area contributed by atoms with Gasteiger partial charge in [-0.2, -0.15) is 0 Å². The summed E-state index contributed by atoms with van der Waals surface area (Å²) in [6.07, 6.45) is 9.70. The van der Waals surface area contributed by atoms with Gasteiger partial charge in [-0.3, -0.25) is 9.69 Å². The van der Waals surface area contributed by atoms with Crippen LogP contribution in [0.25, 0.3) is 0 Å². The van der Waals surface area contributed by atoms with Gasteiger partial charge in [0.2, 0.25) is 0 Å². The lowest BCUT2D eigenvalue weighted by Gasteiger charge is -2.31. The van der Waals surface area contributed by atoms with Crippen LogP contribution in [0, 0.1) is 5.41 Å². The van der Waals surface area contributed by atoms with E-state index < -0.39 is 0 Å². The molecule has 0 spiro atoms. The Morgan fingerprint density at radius 1 is 1.36 bits per heavy atom. The normalized spacial score (nSPS) is 16.9. The summed E-state index contributed by atoms with van der Waals surface area (Å²) < 4.78 is 2.00. The van der Waals surface area contributed by atoms with Crippen LogP contribution in [-0.2, 0) is 13.1 Å². The number of aromatic nitrogens is 3. The number of hydrogen-bond acceptors (Lipinski definition) is 5. The van der Waals surface area contributed by atoms with Crippen molar-refractivity contribution in [1.29, 1.82) is 0 Å². The highest BCUT2D eigenvalue weighted by Gasteiger charge is 2.27. The fourth-order valence-electron chi connectivity index (χ4n) is 2.99. The highest BCUT2D eigenvalue weighted by Crippen LogP contribution is 2.23. The molecule has 25 heavy (non-hydrogen) atoms. The predicted molar refractivity (Wildman–Crippen MR) is 99.6 cm³/mol. The molecule has 6 nitrogen and oxygen atoms in total. The largest absolute Gasteiger partial charge is 0.346 e. The average molecular weight is 362 g/mol. The zero-order valence-corrected chi connectivity index (χ0v) is 16.1. The van der Waals surface area contributed by atoms with Gasteiger partial charge in [0.1, 0.15) is 9.88 Å². The number of carbonyl (C=O) groups excluding carboxylic acids is 1. The quantitative estimate of drug-likeness (QED) is 0.859. The Balaban J connectivity index is 1.63. The van der Waals surface area contributed by atoms with Crippen molar-refractivity contribution in [1.82, 2.24) is 24.8 Å². The third-order valence-electron chi connectivity index (χ3n) is 4.64. The number of carbonyl (C=O) groups is 1. The minimum Gasteiger partial charge on any atom is -0.346 e. The molecule has 0 aliphatic carbocycles. The average Bonchev–Trinajstić information content (AvgIpc) is 3.28. The third kappa shape index (κ3) is 4.89. The molecule has 2 aromatic rings. The molecule has 1 N–H and O–H groups in total. The second-order valence-electron chi connectivity index (χ2n) is 7.75. The number of thiazole rings is 1. The molecular formula is C18H27N5OS. The molecule has 2 aromatic heterocycles. The number of likely N-dealkylation sites (tertiary alicyclic amines) is 1. The molecule has 1 saturated heterocycles. The van der Waals surface area contributed by atoms with E-state index in [4.69, 9.17) is 0 Å². The first-order valence-electron chi connectivity index (χ1n) is 8.85. The van der Waals surface area contributed by atoms with Crippen molar-refractivity contribution in [2.24, 2.45) is 5.41 Å². The summed E-state index contributed by atoms with van der Waals surface area (Å²) in [6.45, 7) is 10.3. The van der Waals surface area contributed by atoms with Gasteiger partial charge in [-0.05, 0) is 31.3 Å². The fraction of sp³-hybridized carbons (Fsp3) is 0.611. The molecule has 3 heterocycles. The van der Waals surface area contributed by atoms with Crippen molar-refractivity contribution in [3.8, 4) is 0 Å². The molecule has 0 saturated carbocycles. The summed E-state index contributed by atoms with van der Waals surface area (Å²) in [4.78, 5) is 24.3. The number of nitrogens with zero attached hydrogens (tertiary/aromatic N) is 4. The minimum atomic E-state index is -0.0526. The molecule has 1 fully saturated rings. The van der Waals surface area contributed by atoms with Crippen molar-refractivity contribution in [2.45, 2.75) is 52.7 Å². The smallest absolute Gasteiger partial charge is 0.263 e. The Morgan fingerprint density at radius 3 is 2.76 bits per heavy atom. The van der Waals surface area contributed by atoms with E-state index >= 15 is 0 Å². The van der Waals surface area contributed by atoms with Gasteiger partial charge in [0.05, 0.1) is 25.1 Å². The van der Waals surface area contributed by atoms with Gasteiger partial charge in [0.25, 0.3) is 5.91 Å². The number of imidazole rings is 1. The van der Waals surface area contributed by atoms with E-state index in [0.29, 0.717) is 11.4 Å². The van der Waals surface area contributed by atoms with Crippen LogP contribution in [0.4, 0.5) is 0 Å². The van der Waals surface area contributed by atoms with Gasteiger partial charge in [-0.1, -0.05) is 20.8 Å². The van der Waals surface area contributed by atoms with E-state index in [1.54, 1.807) is 18.7 Å². The zero-order chi connectivity index (χ0) is 17.9. The van der Waals surface area contributed by atoms with Crippen molar-refractivity contribution < 1.29 is 4.79 Å². The number of hydrogen-bond donors (Lipinski definition) is 1. The number of amides is 1. The van der Waals surface area contributed by atoms with Crippen LogP contribution in [0.2, 0.25) is 0 Å². The Labute approximate surface area is 153 Å². The molecule has 1 aliphatic heterocycles. The highest BCUT2D eigenvalue weighted by atomic mass is 32.1. The maximum absolute atomic E-state index is 12.7. The lowest BCUT2D eigenvalue weighted by atomic mass is 9.86. The van der Waals surface area contributed by atoms with Gasteiger partial charge < -0.3 is 9.88 Å². The molecule has 7 heteroatoms. The molecule has 3 rings (SSSR count). The van der Waals surface area contributed by atoms with Crippen LogP contribution < -0.4 is 5.32 Å². The van der Waals surface area contributed by atoms with Crippen LogP contribution in [0.5, 0.6) is 0 Å². The third-order valence-corrected chi connectivity index (χ3v) is 5.62. The molecular weight excluding hydrogens is 334 g/mol. The molecule has 0 aromatic carbocycles. The first kappa shape index (κ1) is 18.1. The van der Waals surface area contributed by atoms with Gasteiger partial charge in [-0.15, -0.1) is 11.3 Å². The lowest BCUT2D eigenvalue weighted by molar-refractivity contribution is 0.0896. The lowest BCUT2D eigenvalue weighted by Crippen LogP contribution is -2.46. The monoisotopic (exact) mass is 361 g/mol. The van der Waals surface area contributed by atoms with Crippen LogP contribution in [0.15, 0.2) is 24.9 Å². The Kier molecular flexibility index (Phi) is 5.54. The van der Waals surface area contributed by atoms with Crippen molar-refractivity contribution in [3.63, 3.8) is 0 Å². The van der Waals surface area contributed by atoms with E-state index in [-0.39, 0.29) is 17.4 Å². The standard InChI is InChI=1S/C18H27N5OS/c1-18(2,3)15(11-23-9-6-19-13-23)21-17(24)14-10-20-16(25-14)12-22-7-4-5-8-22/h6,9-10,13,15H,4-5,7-8,11-12H2,1-3H3,(H,21,24). The number of rotatable bonds is 6. The number of nitrogens with one attached hydrogen (secondary N) is 1. The van der Waals surface area contributed by atoms with Crippen molar-refractivity contribution in [3.05, 3.63) is 34.8 Å². The van der Waals surface area contributed by atoms with E-state index in [1.807, 2.05) is 10.8 Å². The first-order valence-corrected chi connectivity index (χ1v) is 9.67. The maximum atomic E-state index is 12.7. The fourth-order valence-corrected chi connectivity index (χ4v) is 3.85. The highest BCUT2D eigenvalue weighted by molar-refractivity contribution is 7.13. The van der Waals surface area contributed by atoms with Crippen molar-refractivity contribution >= 4 is 17.2 Å². The van der Waals surface area contributed by atoms with Crippen LogP contribution in [0.1, 0.15) is 48.3 Å². The zero-order valence-electron chi connectivity index (χ0n) is 15.2. The van der Waals surface area contributed by atoms with Gasteiger partial charge in [-0.25, -0.2) is 9.97 Å². The van der Waals surface area contributed by atoms with E-state index in [2.05, 4.69) is 41.0 Å². The molecule has 0 bridgehead atoms. The summed E-state index contributed by atoms with van der Waals surface area (Å²) in [5, 5.41) is 4.21. The second kappa shape index (κ2) is 7.66. The molecule has 1 aliphatic rings. The Bertz CT molecular complexity index is 683. The van der Waals surface area contributed by atoms with E-state index in [1.165, 1.54) is 24.2 Å². The second-order valence-corrected chi connectivity index (χ2v) is 8.87. The summed E-state index contributed by atoms with van der Waals surface area (Å²) in [5.74, 6) is -0.0368. The SMILES string of the molecule is CC(C)(C)C(Cn1ccnc1)NC(=O)c1cnc(CN2CCCC2)s1. The minimum absolute atomic E-state index is 0.0123. The Morgan fingerprint density at radius 2 is 2.12 bits per heavy atom. The first-order chi connectivity index (χ1) is 11.9. The van der Waals surface area contributed by atoms with Gasteiger partial charge in [0.15, 0.2) is 0 Å². The van der Waals surface area contributed by atoms with Crippen molar-refractivity contribution in [2.75, 3.05) is 13.1 Å². The Hall–Kier alpha value is -1.73.